The van der Waals surface area contributed by atoms with Crippen LogP contribution in [0, 0.1) is 13.8 Å². The summed E-state index contributed by atoms with van der Waals surface area (Å²) < 4.78 is 3.70. The number of hydrogen-bond donors (Lipinski definition) is 0. The van der Waals surface area contributed by atoms with Crippen molar-refractivity contribution in [2.45, 2.75) is 33.6 Å². The fourth-order valence-corrected chi connectivity index (χ4v) is 2.87. The maximum atomic E-state index is 4.73. The van der Waals surface area contributed by atoms with Crippen LogP contribution in [0.25, 0.3) is 22.3 Å². The molecule has 0 unspecified atom stereocenters. The smallest absolute Gasteiger partial charge is 0.0921 e. The minimum Gasteiger partial charge on any atom is -0.275 e. The summed E-state index contributed by atoms with van der Waals surface area (Å²) in [6, 6.07) is 0. The molecule has 0 aliphatic carbocycles. The molecule has 3 rings (SSSR count). The third kappa shape index (κ3) is 2.32. The summed E-state index contributed by atoms with van der Waals surface area (Å²) in [5.74, 6) is 0. The summed E-state index contributed by atoms with van der Waals surface area (Å²) in [6.07, 6.45) is 7.79. The van der Waals surface area contributed by atoms with Crippen LogP contribution in [0.4, 0.5) is 0 Å². The summed E-state index contributed by atoms with van der Waals surface area (Å²) in [5, 5.41) is 8.95. The Morgan fingerprint density at radius 2 is 2.05 bits per heavy atom. The molecule has 0 atom stereocenters. The van der Waals surface area contributed by atoms with E-state index in [-0.39, 0.29) is 0 Å². The van der Waals surface area contributed by atoms with Gasteiger partial charge in [-0.1, -0.05) is 19.9 Å². The van der Waals surface area contributed by atoms with Crippen molar-refractivity contribution in [2.75, 3.05) is 0 Å². The molecule has 5 nitrogen and oxygen atoms in total. The molecule has 0 amide bonds. The highest BCUT2D eigenvalue weighted by molar-refractivity contribution is 5.73. The number of aryl methyl sites for hydroxylation is 3. The van der Waals surface area contributed by atoms with E-state index in [2.05, 4.69) is 25.5 Å². The second-order valence-corrected chi connectivity index (χ2v) is 5.73. The van der Waals surface area contributed by atoms with E-state index in [1.165, 1.54) is 0 Å². The third-order valence-electron chi connectivity index (χ3n) is 3.91. The Balaban J connectivity index is 2.16. The van der Waals surface area contributed by atoms with Crippen LogP contribution < -0.4 is 0 Å². The molecule has 0 spiro atoms. The topological polar surface area (TPSA) is 48.0 Å². The maximum absolute atomic E-state index is 4.73. The van der Waals surface area contributed by atoms with Crippen LogP contribution in [-0.4, -0.2) is 24.4 Å². The summed E-state index contributed by atoms with van der Waals surface area (Å²) in [7, 11) is 1.90. The standard InChI is InChI=1S/C17H21N5/c1-6-7-11(2)16-12(3)17-13(4)19-15(10-22(17)20-16)14-8-18-21(5)9-14/h8-10H,2,6-7H2,1,3-5H3. The summed E-state index contributed by atoms with van der Waals surface area (Å²) in [6.45, 7) is 10.4. The minimum atomic E-state index is 0.883. The van der Waals surface area contributed by atoms with Gasteiger partial charge < -0.3 is 0 Å². The zero-order valence-corrected chi connectivity index (χ0v) is 13.6. The summed E-state index contributed by atoms with van der Waals surface area (Å²) >= 11 is 0. The fourth-order valence-electron chi connectivity index (χ4n) is 2.87. The van der Waals surface area contributed by atoms with Crippen LogP contribution in [0.5, 0.6) is 0 Å². The van der Waals surface area contributed by atoms with Crippen LogP contribution in [-0.2, 0) is 7.05 Å². The van der Waals surface area contributed by atoms with Crippen molar-refractivity contribution in [3.8, 4) is 11.3 Å². The second-order valence-electron chi connectivity index (χ2n) is 5.73. The van der Waals surface area contributed by atoms with E-state index in [4.69, 9.17) is 10.1 Å². The van der Waals surface area contributed by atoms with Gasteiger partial charge in [0.05, 0.1) is 35.0 Å². The molecule has 0 saturated carbocycles. The first kappa shape index (κ1) is 14.5. The SMILES string of the molecule is C=C(CCC)c1nn2cc(-c3cnn(C)c3)nc(C)c2c1C. The zero-order chi connectivity index (χ0) is 15.9. The molecule has 0 saturated heterocycles. The number of fused-ring (bicyclic) bond motifs is 1. The molecule has 3 aromatic rings. The normalized spacial score (nSPS) is 11.3. The highest BCUT2D eigenvalue weighted by Gasteiger charge is 2.15. The van der Waals surface area contributed by atoms with Crippen molar-refractivity contribution < 1.29 is 0 Å². The quantitative estimate of drug-likeness (QED) is 0.739. The van der Waals surface area contributed by atoms with E-state index in [1.54, 1.807) is 4.68 Å². The average molecular weight is 295 g/mol. The van der Waals surface area contributed by atoms with Crippen molar-refractivity contribution in [3.63, 3.8) is 0 Å². The van der Waals surface area contributed by atoms with Crippen molar-refractivity contribution >= 4 is 11.1 Å². The molecule has 3 aromatic heterocycles. The number of aromatic nitrogens is 5. The van der Waals surface area contributed by atoms with Crippen LogP contribution in [0.2, 0.25) is 0 Å². The van der Waals surface area contributed by atoms with Gasteiger partial charge >= 0.3 is 0 Å². The Morgan fingerprint density at radius 3 is 2.68 bits per heavy atom. The van der Waals surface area contributed by atoms with E-state index in [9.17, 15) is 0 Å². The lowest BCUT2D eigenvalue weighted by molar-refractivity contribution is 0.768. The van der Waals surface area contributed by atoms with Crippen LogP contribution in [0.15, 0.2) is 25.2 Å². The molecule has 0 fully saturated rings. The van der Waals surface area contributed by atoms with Gasteiger partial charge in [0.1, 0.15) is 0 Å². The van der Waals surface area contributed by atoms with Crippen molar-refractivity contribution in [1.82, 2.24) is 24.4 Å². The zero-order valence-electron chi connectivity index (χ0n) is 13.6. The highest BCUT2D eigenvalue weighted by atomic mass is 15.2. The molecule has 0 N–H and O–H groups in total. The molecular weight excluding hydrogens is 274 g/mol. The first-order chi connectivity index (χ1) is 10.5. The van der Waals surface area contributed by atoms with E-state index in [0.717, 1.165) is 52.1 Å². The molecule has 0 aliphatic rings. The van der Waals surface area contributed by atoms with E-state index < -0.39 is 0 Å². The van der Waals surface area contributed by atoms with Crippen molar-refractivity contribution in [2.24, 2.45) is 7.05 Å². The molecule has 114 valence electrons. The van der Waals surface area contributed by atoms with Crippen LogP contribution in [0.1, 0.15) is 36.7 Å². The van der Waals surface area contributed by atoms with Gasteiger partial charge in [-0.2, -0.15) is 10.2 Å². The number of hydrogen-bond acceptors (Lipinski definition) is 3. The molecule has 0 aromatic carbocycles. The molecule has 3 heterocycles. The monoisotopic (exact) mass is 295 g/mol. The third-order valence-corrected chi connectivity index (χ3v) is 3.91. The average Bonchev–Trinajstić information content (AvgIpc) is 3.03. The Bertz CT molecular complexity index is 853. The molecule has 0 aliphatic heterocycles. The molecule has 0 radical (unpaired) electrons. The predicted molar refractivity (Wildman–Crippen MR) is 88.6 cm³/mol. The molecule has 5 heteroatoms. The fraction of sp³-hybridized carbons (Fsp3) is 0.353. The Labute approximate surface area is 130 Å². The van der Waals surface area contributed by atoms with Gasteiger partial charge in [0, 0.05) is 24.4 Å². The number of rotatable bonds is 4. The lowest BCUT2D eigenvalue weighted by Gasteiger charge is -2.03. The molecular formula is C17H21N5. The first-order valence-electron chi connectivity index (χ1n) is 7.55. The highest BCUT2D eigenvalue weighted by Crippen LogP contribution is 2.27. The predicted octanol–water partition coefficient (Wildman–Crippen LogP) is 3.56. The van der Waals surface area contributed by atoms with Gasteiger partial charge in [-0.3, -0.25) is 4.68 Å². The van der Waals surface area contributed by atoms with E-state index >= 15 is 0 Å². The van der Waals surface area contributed by atoms with Crippen LogP contribution in [0.3, 0.4) is 0 Å². The number of nitrogens with zero attached hydrogens (tertiary/aromatic N) is 5. The van der Waals surface area contributed by atoms with Gasteiger partial charge in [-0.15, -0.1) is 0 Å². The largest absolute Gasteiger partial charge is 0.275 e. The number of allylic oxidation sites excluding steroid dienone is 1. The summed E-state index contributed by atoms with van der Waals surface area (Å²) in [5.41, 5.74) is 7.16. The lowest BCUT2D eigenvalue weighted by Crippen LogP contribution is -1.96. The van der Waals surface area contributed by atoms with E-state index in [0.29, 0.717) is 0 Å². The lowest BCUT2D eigenvalue weighted by atomic mass is 10.1. The van der Waals surface area contributed by atoms with Gasteiger partial charge in [0.15, 0.2) is 0 Å². The van der Waals surface area contributed by atoms with E-state index in [1.807, 2.05) is 37.1 Å². The Morgan fingerprint density at radius 1 is 1.27 bits per heavy atom. The summed E-state index contributed by atoms with van der Waals surface area (Å²) in [4.78, 5) is 4.72. The molecule has 22 heavy (non-hydrogen) atoms. The van der Waals surface area contributed by atoms with Crippen LogP contribution >= 0.6 is 0 Å². The van der Waals surface area contributed by atoms with Gasteiger partial charge in [-0.05, 0) is 25.8 Å². The van der Waals surface area contributed by atoms with Gasteiger partial charge in [0.25, 0.3) is 0 Å². The van der Waals surface area contributed by atoms with Gasteiger partial charge in [0.2, 0.25) is 0 Å². The molecule has 0 bridgehead atoms. The van der Waals surface area contributed by atoms with Crippen molar-refractivity contribution in [3.05, 3.63) is 42.1 Å². The first-order valence-corrected chi connectivity index (χ1v) is 7.55. The Hall–Kier alpha value is -2.43. The second kappa shape index (κ2) is 5.40. The Kier molecular flexibility index (Phi) is 3.56. The van der Waals surface area contributed by atoms with Gasteiger partial charge in [-0.25, -0.2) is 9.50 Å². The minimum absolute atomic E-state index is 0.883. The van der Waals surface area contributed by atoms with Crippen molar-refractivity contribution in [1.29, 1.82) is 0 Å². The maximum Gasteiger partial charge on any atom is 0.0921 e.